The van der Waals surface area contributed by atoms with Crippen LogP contribution in [0, 0.1) is 12.8 Å². The van der Waals surface area contributed by atoms with Crippen molar-refractivity contribution in [3.05, 3.63) is 27.1 Å². The molecule has 1 N–H and O–H groups in total. The van der Waals surface area contributed by atoms with Crippen molar-refractivity contribution in [2.75, 3.05) is 0 Å². The summed E-state index contributed by atoms with van der Waals surface area (Å²) in [6, 6.07) is -0.776. The molecule has 0 radical (unpaired) electrons. The summed E-state index contributed by atoms with van der Waals surface area (Å²) in [6.45, 7) is 10.7. The Morgan fingerprint density at radius 3 is 2.46 bits per heavy atom. The Hall–Kier alpha value is -2.22. The zero-order valence-electron chi connectivity index (χ0n) is 16.2. The van der Waals surface area contributed by atoms with E-state index < -0.39 is 23.5 Å². The van der Waals surface area contributed by atoms with E-state index in [1.54, 1.807) is 34.7 Å². The number of esters is 1. The number of ether oxygens (including phenoxy) is 1. The van der Waals surface area contributed by atoms with Crippen LogP contribution < -0.4 is 10.9 Å². The molecule has 0 spiro atoms. The van der Waals surface area contributed by atoms with Gasteiger partial charge in [-0.05, 0) is 39.2 Å². The number of hydrogen-bond acceptors (Lipinski definition) is 6. The number of thiophene rings is 1. The number of aromatic nitrogens is 2. The van der Waals surface area contributed by atoms with E-state index in [9.17, 15) is 14.4 Å². The Labute approximate surface area is 156 Å². The minimum atomic E-state index is -0.776. The van der Waals surface area contributed by atoms with Crippen LogP contribution in [0.5, 0.6) is 0 Å². The Morgan fingerprint density at radius 1 is 1.31 bits per heavy atom. The van der Waals surface area contributed by atoms with Crippen molar-refractivity contribution in [1.82, 2.24) is 14.9 Å². The molecule has 0 bridgehead atoms. The van der Waals surface area contributed by atoms with Gasteiger partial charge in [-0.2, -0.15) is 0 Å². The van der Waals surface area contributed by atoms with Crippen LogP contribution in [0.15, 0.2) is 11.1 Å². The van der Waals surface area contributed by atoms with Gasteiger partial charge in [0.15, 0.2) is 0 Å². The highest BCUT2D eigenvalue weighted by atomic mass is 32.1. The molecule has 0 saturated carbocycles. The third-order valence-corrected chi connectivity index (χ3v) is 5.03. The van der Waals surface area contributed by atoms with E-state index >= 15 is 0 Å². The molecule has 0 saturated heterocycles. The molecule has 0 aliphatic rings. The molecule has 1 atom stereocenters. The molecule has 2 rings (SSSR count). The molecule has 2 aromatic rings. The van der Waals surface area contributed by atoms with Gasteiger partial charge in [-0.1, -0.05) is 13.8 Å². The number of rotatable bonds is 4. The van der Waals surface area contributed by atoms with Crippen LogP contribution in [0.25, 0.3) is 10.2 Å². The Kier molecular flexibility index (Phi) is 5.55. The number of carbonyl (C=O) groups is 2. The molecule has 7 nitrogen and oxygen atoms in total. The number of hydrogen-bond donors (Lipinski definition) is 1. The van der Waals surface area contributed by atoms with Crippen molar-refractivity contribution >= 4 is 33.4 Å². The molecular weight excluding hydrogens is 354 g/mol. The van der Waals surface area contributed by atoms with Crippen molar-refractivity contribution in [2.24, 2.45) is 13.0 Å². The van der Waals surface area contributed by atoms with Gasteiger partial charge in [0, 0.05) is 7.05 Å². The van der Waals surface area contributed by atoms with Crippen LogP contribution in [0.2, 0.25) is 0 Å². The summed E-state index contributed by atoms with van der Waals surface area (Å²) < 4.78 is 6.78. The highest BCUT2D eigenvalue weighted by molar-refractivity contribution is 7.20. The largest absolute Gasteiger partial charge is 0.458 e. The summed E-state index contributed by atoms with van der Waals surface area (Å²) in [5.74, 6) is -1.03. The van der Waals surface area contributed by atoms with Gasteiger partial charge in [0.25, 0.3) is 11.5 Å². The van der Waals surface area contributed by atoms with E-state index in [-0.39, 0.29) is 11.5 Å². The normalized spacial score (nSPS) is 13.1. The number of aryl methyl sites for hydroxylation is 2. The first-order chi connectivity index (χ1) is 11.9. The highest BCUT2D eigenvalue weighted by Crippen LogP contribution is 2.27. The maximum Gasteiger partial charge on any atom is 0.329 e. The van der Waals surface area contributed by atoms with Crippen LogP contribution >= 0.6 is 11.3 Å². The molecule has 0 aliphatic carbocycles. The minimum Gasteiger partial charge on any atom is -0.458 e. The van der Waals surface area contributed by atoms with Gasteiger partial charge in [-0.3, -0.25) is 9.59 Å². The Balaban J connectivity index is 2.35. The summed E-state index contributed by atoms with van der Waals surface area (Å²) in [7, 11) is 1.61. The summed E-state index contributed by atoms with van der Waals surface area (Å²) in [4.78, 5) is 42.6. The van der Waals surface area contributed by atoms with Gasteiger partial charge in [0.1, 0.15) is 16.5 Å². The van der Waals surface area contributed by atoms with Gasteiger partial charge in [-0.15, -0.1) is 11.3 Å². The topological polar surface area (TPSA) is 90.3 Å². The maximum atomic E-state index is 12.8. The molecule has 2 aromatic heterocycles. The monoisotopic (exact) mass is 379 g/mol. The fourth-order valence-electron chi connectivity index (χ4n) is 2.50. The van der Waals surface area contributed by atoms with Crippen molar-refractivity contribution in [2.45, 2.75) is 53.2 Å². The van der Waals surface area contributed by atoms with Crippen molar-refractivity contribution < 1.29 is 14.3 Å². The van der Waals surface area contributed by atoms with E-state index in [0.717, 1.165) is 11.3 Å². The van der Waals surface area contributed by atoms with E-state index in [0.29, 0.717) is 20.7 Å². The maximum absolute atomic E-state index is 12.8. The van der Waals surface area contributed by atoms with Crippen molar-refractivity contribution in [3.63, 3.8) is 0 Å². The quantitative estimate of drug-likeness (QED) is 0.824. The van der Waals surface area contributed by atoms with E-state index in [2.05, 4.69) is 10.3 Å². The predicted octanol–water partition coefficient (Wildman–Crippen LogP) is 2.40. The SMILES string of the molecule is Cc1c(C(=O)N[C@@H](C(=O)OC(C)(C)C)C(C)C)sc2ncn(C)c(=O)c12. The van der Waals surface area contributed by atoms with Gasteiger partial charge in [0.05, 0.1) is 16.6 Å². The number of amides is 1. The number of carbonyl (C=O) groups excluding carboxylic acids is 2. The zero-order valence-corrected chi connectivity index (χ0v) is 17.0. The molecule has 0 aromatic carbocycles. The lowest BCUT2D eigenvalue weighted by Crippen LogP contribution is -2.47. The van der Waals surface area contributed by atoms with Crippen LogP contribution in [0.3, 0.4) is 0 Å². The van der Waals surface area contributed by atoms with Crippen LogP contribution in [0.1, 0.15) is 49.9 Å². The summed E-state index contributed by atoms with van der Waals surface area (Å²) >= 11 is 1.14. The van der Waals surface area contributed by atoms with Crippen molar-refractivity contribution in [1.29, 1.82) is 0 Å². The first-order valence-electron chi connectivity index (χ1n) is 8.41. The number of fused-ring (bicyclic) bond motifs is 1. The van der Waals surface area contributed by atoms with Crippen LogP contribution in [-0.4, -0.2) is 33.1 Å². The second kappa shape index (κ2) is 7.19. The lowest BCUT2D eigenvalue weighted by molar-refractivity contribution is -0.158. The van der Waals surface area contributed by atoms with Crippen LogP contribution in [0.4, 0.5) is 0 Å². The fraction of sp³-hybridized carbons (Fsp3) is 0.556. The Morgan fingerprint density at radius 2 is 1.92 bits per heavy atom. The first kappa shape index (κ1) is 20.1. The third-order valence-electron chi connectivity index (χ3n) is 3.83. The zero-order chi connectivity index (χ0) is 19.8. The summed E-state index contributed by atoms with van der Waals surface area (Å²) in [6.07, 6.45) is 1.43. The molecule has 0 aliphatic heterocycles. The molecule has 1 amide bonds. The lowest BCUT2D eigenvalue weighted by Gasteiger charge is -2.26. The van der Waals surface area contributed by atoms with Crippen LogP contribution in [-0.2, 0) is 16.6 Å². The Bertz CT molecular complexity index is 906. The molecule has 8 heteroatoms. The molecule has 0 fully saturated rings. The second-order valence-corrected chi connectivity index (χ2v) is 8.62. The molecular formula is C18H25N3O4S. The van der Waals surface area contributed by atoms with Gasteiger partial charge < -0.3 is 14.6 Å². The molecule has 0 unspecified atom stereocenters. The second-order valence-electron chi connectivity index (χ2n) is 7.63. The van der Waals surface area contributed by atoms with Gasteiger partial charge in [-0.25, -0.2) is 9.78 Å². The van der Waals surface area contributed by atoms with E-state index in [4.69, 9.17) is 4.74 Å². The van der Waals surface area contributed by atoms with Gasteiger partial charge >= 0.3 is 5.97 Å². The van der Waals surface area contributed by atoms with Gasteiger partial charge in [0.2, 0.25) is 0 Å². The predicted molar refractivity (Wildman–Crippen MR) is 102 cm³/mol. The van der Waals surface area contributed by atoms with E-state index in [1.165, 1.54) is 10.9 Å². The lowest BCUT2D eigenvalue weighted by atomic mass is 10.0. The summed E-state index contributed by atoms with van der Waals surface area (Å²) in [5, 5.41) is 3.19. The smallest absolute Gasteiger partial charge is 0.329 e. The molecule has 2 heterocycles. The average molecular weight is 379 g/mol. The number of nitrogens with zero attached hydrogens (tertiary/aromatic N) is 2. The average Bonchev–Trinajstić information content (AvgIpc) is 2.84. The minimum absolute atomic E-state index is 0.144. The fourth-order valence-corrected chi connectivity index (χ4v) is 3.54. The standard InChI is InChI=1S/C18H25N3O4S/c1-9(2)12(17(24)25-18(4,5)6)20-14(22)13-10(3)11-15(26-13)19-8-21(7)16(11)23/h8-9,12H,1-7H3,(H,20,22)/t12-/m1/s1. The van der Waals surface area contributed by atoms with E-state index in [1.807, 2.05) is 13.8 Å². The number of nitrogens with one attached hydrogen (secondary N) is 1. The highest BCUT2D eigenvalue weighted by Gasteiger charge is 2.30. The third kappa shape index (κ3) is 4.12. The molecule has 26 heavy (non-hydrogen) atoms. The first-order valence-corrected chi connectivity index (χ1v) is 9.22. The molecule has 142 valence electrons. The summed E-state index contributed by atoms with van der Waals surface area (Å²) in [5.41, 5.74) is -0.267. The van der Waals surface area contributed by atoms with Crippen molar-refractivity contribution in [3.8, 4) is 0 Å².